The van der Waals surface area contributed by atoms with Crippen LogP contribution in [0, 0.1) is 5.82 Å². The molecule has 1 aliphatic heterocycles. The van der Waals surface area contributed by atoms with Crippen molar-refractivity contribution < 1.29 is 27.0 Å². The number of anilines is 1. The van der Waals surface area contributed by atoms with Gasteiger partial charge in [0.2, 0.25) is 0 Å². The summed E-state index contributed by atoms with van der Waals surface area (Å²) >= 11 is 0. The average molecular weight is 444 g/mol. The molecule has 4 nitrogen and oxygen atoms in total. The van der Waals surface area contributed by atoms with E-state index in [1.807, 2.05) is 6.07 Å². The van der Waals surface area contributed by atoms with E-state index >= 15 is 0 Å². The van der Waals surface area contributed by atoms with E-state index in [9.17, 15) is 17.6 Å². The molecule has 4 rings (SSSR count). The fraction of sp³-hybridized carbons (Fsp3) is 0.208. The zero-order valence-electron chi connectivity index (χ0n) is 17.4. The van der Waals surface area contributed by atoms with Crippen molar-refractivity contribution >= 4 is 11.4 Å². The molecule has 0 aromatic heterocycles. The van der Waals surface area contributed by atoms with Crippen molar-refractivity contribution in [3.63, 3.8) is 0 Å². The maximum atomic E-state index is 13.5. The summed E-state index contributed by atoms with van der Waals surface area (Å²) in [6.07, 6.45) is -4.06. The van der Waals surface area contributed by atoms with E-state index in [4.69, 9.17) is 9.47 Å². The van der Waals surface area contributed by atoms with Gasteiger partial charge in [-0.25, -0.2) is 4.39 Å². The Labute approximate surface area is 182 Å². The Balaban J connectivity index is 1.78. The van der Waals surface area contributed by atoms with Crippen LogP contribution in [0.1, 0.15) is 29.2 Å². The highest BCUT2D eigenvalue weighted by molar-refractivity contribution is 6.03. The molecule has 0 bridgehead atoms. The van der Waals surface area contributed by atoms with E-state index < -0.39 is 23.6 Å². The third-order valence-corrected chi connectivity index (χ3v) is 5.32. The first-order chi connectivity index (χ1) is 15.3. The zero-order valence-corrected chi connectivity index (χ0v) is 17.4. The van der Waals surface area contributed by atoms with Gasteiger partial charge >= 0.3 is 6.18 Å². The largest absolute Gasteiger partial charge is 0.493 e. The fourth-order valence-corrected chi connectivity index (χ4v) is 3.71. The van der Waals surface area contributed by atoms with Gasteiger partial charge in [0.1, 0.15) is 5.82 Å². The standard InChI is InChI=1S/C24H20F4N2O2/c1-31-22-11-8-16(12-23(22)32-2)20-14-21(15-6-9-18(25)10-7-15)30(29-20)19-5-3-4-17(13-19)24(26,27)28/h3-13,21H,14H2,1-2H3/t21-/m1/s1. The molecule has 0 saturated heterocycles. The second-order valence-corrected chi connectivity index (χ2v) is 7.28. The highest BCUT2D eigenvalue weighted by Crippen LogP contribution is 2.40. The van der Waals surface area contributed by atoms with Gasteiger partial charge in [-0.3, -0.25) is 5.01 Å². The number of nitrogens with zero attached hydrogens (tertiary/aromatic N) is 2. The summed E-state index contributed by atoms with van der Waals surface area (Å²) in [5.74, 6) is 0.682. The lowest BCUT2D eigenvalue weighted by atomic mass is 9.98. The Kier molecular flexibility index (Phi) is 5.78. The second kappa shape index (κ2) is 8.53. The lowest BCUT2D eigenvalue weighted by Gasteiger charge is -2.24. The lowest BCUT2D eigenvalue weighted by molar-refractivity contribution is -0.137. The molecule has 3 aromatic rings. The van der Waals surface area contributed by atoms with Crippen molar-refractivity contribution in [1.82, 2.24) is 0 Å². The highest BCUT2D eigenvalue weighted by Gasteiger charge is 2.34. The van der Waals surface area contributed by atoms with E-state index in [2.05, 4.69) is 5.10 Å². The molecule has 0 saturated carbocycles. The number of hydrazone groups is 1. The Morgan fingerprint density at radius 3 is 2.28 bits per heavy atom. The minimum absolute atomic E-state index is 0.296. The topological polar surface area (TPSA) is 34.1 Å². The van der Waals surface area contributed by atoms with E-state index in [-0.39, 0.29) is 0 Å². The number of methoxy groups -OCH3 is 2. The maximum absolute atomic E-state index is 13.5. The predicted octanol–water partition coefficient (Wildman–Crippen LogP) is 6.22. The molecule has 32 heavy (non-hydrogen) atoms. The molecule has 0 N–H and O–H groups in total. The number of ether oxygens (including phenoxy) is 2. The molecule has 0 radical (unpaired) electrons. The van der Waals surface area contributed by atoms with Crippen LogP contribution in [0.2, 0.25) is 0 Å². The minimum Gasteiger partial charge on any atom is -0.493 e. The van der Waals surface area contributed by atoms with Crippen LogP contribution >= 0.6 is 0 Å². The molecule has 0 aliphatic carbocycles. The second-order valence-electron chi connectivity index (χ2n) is 7.28. The SMILES string of the molecule is COc1ccc(C2=NN(c3cccc(C(F)(F)F)c3)[C@@H](c3ccc(F)cc3)C2)cc1OC. The van der Waals surface area contributed by atoms with Gasteiger partial charge in [0.05, 0.1) is 37.2 Å². The first-order valence-electron chi connectivity index (χ1n) is 9.82. The van der Waals surface area contributed by atoms with Crippen LogP contribution in [0.3, 0.4) is 0 Å². The van der Waals surface area contributed by atoms with E-state index in [0.29, 0.717) is 29.3 Å². The van der Waals surface area contributed by atoms with Crippen molar-refractivity contribution in [2.45, 2.75) is 18.6 Å². The number of halogens is 4. The van der Waals surface area contributed by atoms with E-state index in [1.54, 1.807) is 35.3 Å². The third kappa shape index (κ3) is 4.26. The summed E-state index contributed by atoms with van der Waals surface area (Å²) in [5, 5.41) is 6.21. The van der Waals surface area contributed by atoms with Crippen LogP contribution in [0.15, 0.2) is 71.8 Å². The Bertz CT molecular complexity index is 1140. The Hall–Kier alpha value is -3.55. The van der Waals surface area contributed by atoms with Crippen LogP contribution in [-0.2, 0) is 6.18 Å². The Morgan fingerprint density at radius 2 is 1.62 bits per heavy atom. The van der Waals surface area contributed by atoms with Gasteiger partial charge in [-0.2, -0.15) is 18.3 Å². The minimum atomic E-state index is -4.48. The van der Waals surface area contributed by atoms with Crippen molar-refractivity contribution in [3.8, 4) is 11.5 Å². The quantitative estimate of drug-likeness (QED) is 0.439. The molecular formula is C24H20F4N2O2. The number of alkyl halides is 3. The number of hydrogen-bond acceptors (Lipinski definition) is 4. The van der Waals surface area contributed by atoms with Gasteiger partial charge < -0.3 is 9.47 Å². The van der Waals surface area contributed by atoms with Gasteiger partial charge in [0.15, 0.2) is 11.5 Å². The molecule has 1 heterocycles. The molecule has 8 heteroatoms. The maximum Gasteiger partial charge on any atom is 0.416 e. The zero-order chi connectivity index (χ0) is 22.9. The molecule has 1 aliphatic rings. The summed E-state index contributed by atoms with van der Waals surface area (Å²) in [4.78, 5) is 0. The number of benzene rings is 3. The molecule has 166 valence electrons. The van der Waals surface area contributed by atoms with Crippen molar-refractivity contribution in [2.24, 2.45) is 5.10 Å². The summed E-state index contributed by atoms with van der Waals surface area (Å²) in [7, 11) is 3.05. The normalized spacial score (nSPS) is 16.1. The summed E-state index contributed by atoms with van der Waals surface area (Å²) < 4.78 is 64.0. The summed E-state index contributed by atoms with van der Waals surface area (Å²) in [6, 6.07) is 15.8. The molecule has 0 fully saturated rings. The third-order valence-electron chi connectivity index (χ3n) is 5.32. The van der Waals surface area contributed by atoms with Crippen molar-refractivity contribution in [2.75, 3.05) is 19.2 Å². The smallest absolute Gasteiger partial charge is 0.416 e. The summed E-state index contributed by atoms with van der Waals surface area (Å²) in [5.41, 5.74) is 1.69. The van der Waals surface area contributed by atoms with Gasteiger partial charge in [-0.1, -0.05) is 18.2 Å². The van der Waals surface area contributed by atoms with Crippen LogP contribution in [-0.4, -0.2) is 19.9 Å². The lowest BCUT2D eigenvalue weighted by Crippen LogP contribution is -2.19. The van der Waals surface area contributed by atoms with Crippen molar-refractivity contribution in [3.05, 3.63) is 89.2 Å². The van der Waals surface area contributed by atoms with Crippen LogP contribution in [0.4, 0.5) is 23.2 Å². The molecule has 0 spiro atoms. The number of rotatable bonds is 5. The predicted molar refractivity (Wildman–Crippen MR) is 114 cm³/mol. The van der Waals surface area contributed by atoms with Gasteiger partial charge in [-0.15, -0.1) is 0 Å². The van der Waals surface area contributed by atoms with Crippen LogP contribution in [0.25, 0.3) is 0 Å². The van der Waals surface area contributed by atoms with E-state index in [1.165, 1.54) is 32.4 Å². The monoisotopic (exact) mass is 444 g/mol. The van der Waals surface area contributed by atoms with Crippen molar-refractivity contribution in [1.29, 1.82) is 0 Å². The van der Waals surface area contributed by atoms with Crippen LogP contribution in [0.5, 0.6) is 11.5 Å². The van der Waals surface area contributed by atoms with Gasteiger partial charge in [0.25, 0.3) is 0 Å². The highest BCUT2D eigenvalue weighted by atomic mass is 19.4. The number of hydrogen-bond donors (Lipinski definition) is 0. The van der Waals surface area contributed by atoms with E-state index in [0.717, 1.165) is 23.3 Å². The average Bonchev–Trinajstić information content (AvgIpc) is 3.24. The molecule has 3 aromatic carbocycles. The molecule has 0 amide bonds. The fourth-order valence-electron chi connectivity index (χ4n) is 3.71. The Morgan fingerprint density at radius 1 is 0.906 bits per heavy atom. The molecular weight excluding hydrogens is 424 g/mol. The van der Waals surface area contributed by atoms with Gasteiger partial charge in [-0.05, 0) is 54.1 Å². The van der Waals surface area contributed by atoms with Crippen LogP contribution < -0.4 is 14.5 Å². The molecule has 0 unspecified atom stereocenters. The summed E-state index contributed by atoms with van der Waals surface area (Å²) in [6.45, 7) is 0. The first-order valence-corrected chi connectivity index (χ1v) is 9.82. The molecule has 1 atom stereocenters. The first kappa shape index (κ1) is 21.7. The van der Waals surface area contributed by atoms with Gasteiger partial charge in [0, 0.05) is 12.0 Å².